The lowest BCUT2D eigenvalue weighted by atomic mass is 10.2. The summed E-state index contributed by atoms with van der Waals surface area (Å²) in [6.07, 6.45) is 3.98. The topological polar surface area (TPSA) is 67.1 Å². The number of nitrogens with zero attached hydrogens (tertiary/aromatic N) is 3. The van der Waals surface area contributed by atoms with Crippen molar-refractivity contribution in [2.24, 2.45) is 0 Å². The molecule has 1 saturated heterocycles. The van der Waals surface area contributed by atoms with Crippen molar-refractivity contribution >= 4 is 27.6 Å². The van der Waals surface area contributed by atoms with Crippen LogP contribution in [0.5, 0.6) is 0 Å². The molecule has 0 aliphatic carbocycles. The minimum Gasteiger partial charge on any atom is -0.383 e. The zero-order valence-corrected chi connectivity index (χ0v) is 10.9. The second-order valence-electron chi connectivity index (χ2n) is 4.08. The molecule has 1 atom stereocenters. The van der Waals surface area contributed by atoms with Crippen molar-refractivity contribution in [3.8, 4) is 0 Å². The first-order chi connectivity index (χ1) is 7.68. The Bertz CT molecular complexity index is 370. The molecule has 16 heavy (non-hydrogen) atoms. The fraction of sp³-hybridized carbons (Fsp3) is 0.600. The molecule has 0 saturated carbocycles. The molecule has 0 aromatic carbocycles. The van der Waals surface area contributed by atoms with Crippen LogP contribution in [0.15, 0.2) is 10.8 Å². The number of hydrogen-bond acceptors (Lipinski definition) is 5. The Hall–Kier alpha value is -0.880. The monoisotopic (exact) mass is 285 g/mol. The van der Waals surface area contributed by atoms with Crippen LogP contribution in [0.2, 0.25) is 0 Å². The van der Waals surface area contributed by atoms with E-state index >= 15 is 0 Å². The van der Waals surface area contributed by atoms with Gasteiger partial charge in [0.25, 0.3) is 0 Å². The highest BCUT2D eigenvalue weighted by Crippen LogP contribution is 2.24. The molecule has 0 amide bonds. The van der Waals surface area contributed by atoms with Crippen molar-refractivity contribution < 1.29 is 0 Å². The van der Waals surface area contributed by atoms with Crippen LogP contribution >= 0.6 is 15.9 Å². The predicted octanol–water partition coefficient (Wildman–Crippen LogP) is 1.33. The summed E-state index contributed by atoms with van der Waals surface area (Å²) in [4.78, 5) is 10.4. The second kappa shape index (κ2) is 4.97. The van der Waals surface area contributed by atoms with Gasteiger partial charge >= 0.3 is 0 Å². The number of aromatic nitrogens is 2. The van der Waals surface area contributed by atoms with Gasteiger partial charge in [-0.15, -0.1) is 0 Å². The average Bonchev–Trinajstić information content (AvgIpc) is 2.67. The molecule has 1 aliphatic rings. The zero-order valence-electron chi connectivity index (χ0n) is 9.28. The number of anilines is 2. The van der Waals surface area contributed by atoms with Gasteiger partial charge in [0.15, 0.2) is 0 Å². The van der Waals surface area contributed by atoms with Gasteiger partial charge in [0, 0.05) is 12.6 Å². The van der Waals surface area contributed by atoms with Crippen LogP contribution in [0.25, 0.3) is 0 Å². The quantitative estimate of drug-likeness (QED) is 0.877. The Balaban J connectivity index is 1.96. The van der Waals surface area contributed by atoms with Gasteiger partial charge in [-0.05, 0) is 42.4 Å². The maximum absolute atomic E-state index is 5.68. The maximum Gasteiger partial charge on any atom is 0.145 e. The molecule has 0 spiro atoms. The molecule has 3 N–H and O–H groups in total. The predicted molar refractivity (Wildman–Crippen MR) is 68.3 cm³/mol. The van der Waals surface area contributed by atoms with Crippen molar-refractivity contribution in [2.75, 3.05) is 31.2 Å². The van der Waals surface area contributed by atoms with Gasteiger partial charge in [-0.1, -0.05) is 0 Å². The Morgan fingerprint density at radius 3 is 3.12 bits per heavy atom. The van der Waals surface area contributed by atoms with Crippen molar-refractivity contribution in [2.45, 2.75) is 18.9 Å². The summed E-state index contributed by atoms with van der Waals surface area (Å²) in [5.74, 6) is 1.24. The van der Waals surface area contributed by atoms with Crippen molar-refractivity contribution in [3.63, 3.8) is 0 Å². The lowest BCUT2D eigenvalue weighted by Crippen LogP contribution is -2.31. The summed E-state index contributed by atoms with van der Waals surface area (Å²) in [6.45, 7) is 2.07. The molecule has 0 bridgehead atoms. The van der Waals surface area contributed by atoms with Gasteiger partial charge in [-0.2, -0.15) is 0 Å². The van der Waals surface area contributed by atoms with E-state index in [2.05, 4.69) is 43.2 Å². The van der Waals surface area contributed by atoms with Crippen molar-refractivity contribution in [1.82, 2.24) is 14.9 Å². The minimum atomic E-state index is 0.470. The summed E-state index contributed by atoms with van der Waals surface area (Å²) in [6, 6.07) is 0.586. The van der Waals surface area contributed by atoms with Crippen LogP contribution < -0.4 is 11.1 Å². The Morgan fingerprint density at radius 2 is 2.44 bits per heavy atom. The van der Waals surface area contributed by atoms with Crippen molar-refractivity contribution in [1.29, 1.82) is 0 Å². The van der Waals surface area contributed by atoms with E-state index in [4.69, 9.17) is 5.73 Å². The van der Waals surface area contributed by atoms with Gasteiger partial charge in [-0.25, -0.2) is 9.97 Å². The molecule has 1 unspecified atom stereocenters. The van der Waals surface area contributed by atoms with E-state index in [1.165, 1.54) is 25.7 Å². The number of rotatable bonds is 3. The zero-order chi connectivity index (χ0) is 11.5. The lowest BCUT2D eigenvalue weighted by molar-refractivity contribution is 0.322. The van der Waals surface area contributed by atoms with Gasteiger partial charge in [0.1, 0.15) is 22.4 Å². The molecular formula is C10H16BrN5. The average molecular weight is 286 g/mol. The van der Waals surface area contributed by atoms with Crippen LogP contribution in [-0.2, 0) is 0 Å². The normalized spacial score (nSPS) is 21.2. The van der Waals surface area contributed by atoms with E-state index in [9.17, 15) is 0 Å². The first-order valence-electron chi connectivity index (χ1n) is 5.38. The standard InChI is InChI=1S/C10H16BrN5/c1-16-4-2-3-7(16)5-13-10-8(11)9(12)14-6-15-10/h6-7H,2-5H2,1H3,(H3,12,13,14,15). The number of likely N-dealkylation sites (N-methyl/N-ethyl adjacent to an activating group) is 1. The third-order valence-corrected chi connectivity index (χ3v) is 3.77. The molecule has 2 rings (SSSR count). The van der Waals surface area contributed by atoms with Crippen LogP contribution in [0.1, 0.15) is 12.8 Å². The third-order valence-electron chi connectivity index (χ3n) is 2.99. The summed E-state index contributed by atoms with van der Waals surface area (Å²) < 4.78 is 0.746. The number of likely N-dealkylation sites (tertiary alicyclic amines) is 1. The van der Waals surface area contributed by atoms with E-state index < -0.39 is 0 Å². The number of nitrogen functional groups attached to an aromatic ring is 1. The molecule has 88 valence electrons. The number of nitrogens with two attached hydrogens (primary N) is 1. The summed E-state index contributed by atoms with van der Waals surface area (Å²) in [7, 11) is 2.16. The molecular weight excluding hydrogens is 270 g/mol. The summed E-state index contributed by atoms with van der Waals surface area (Å²) in [5.41, 5.74) is 5.68. The van der Waals surface area contributed by atoms with Crippen LogP contribution in [0.4, 0.5) is 11.6 Å². The van der Waals surface area contributed by atoms with E-state index in [-0.39, 0.29) is 0 Å². The minimum absolute atomic E-state index is 0.470. The smallest absolute Gasteiger partial charge is 0.145 e. The molecule has 1 aromatic rings. The van der Waals surface area contributed by atoms with Gasteiger partial charge in [0.2, 0.25) is 0 Å². The van der Waals surface area contributed by atoms with E-state index in [0.717, 1.165) is 16.8 Å². The molecule has 0 radical (unpaired) electrons. The molecule has 1 fully saturated rings. The van der Waals surface area contributed by atoms with E-state index in [1.807, 2.05) is 0 Å². The van der Waals surface area contributed by atoms with Gasteiger partial charge in [-0.3, -0.25) is 0 Å². The number of halogens is 1. The SMILES string of the molecule is CN1CCCC1CNc1ncnc(N)c1Br. The first kappa shape index (κ1) is 11.6. The molecule has 1 aliphatic heterocycles. The Kier molecular flexibility index (Phi) is 3.60. The van der Waals surface area contributed by atoms with Crippen LogP contribution in [0.3, 0.4) is 0 Å². The highest BCUT2D eigenvalue weighted by Gasteiger charge is 2.20. The van der Waals surface area contributed by atoms with Crippen molar-refractivity contribution in [3.05, 3.63) is 10.8 Å². The maximum atomic E-state index is 5.68. The van der Waals surface area contributed by atoms with Crippen LogP contribution in [0, 0.1) is 0 Å². The molecule has 5 nitrogen and oxygen atoms in total. The highest BCUT2D eigenvalue weighted by molar-refractivity contribution is 9.10. The lowest BCUT2D eigenvalue weighted by Gasteiger charge is -2.20. The largest absolute Gasteiger partial charge is 0.383 e. The molecule has 6 heteroatoms. The number of nitrogens with one attached hydrogen (secondary N) is 1. The van der Waals surface area contributed by atoms with Crippen LogP contribution in [-0.4, -0.2) is 41.0 Å². The van der Waals surface area contributed by atoms with E-state index in [1.54, 1.807) is 0 Å². The third kappa shape index (κ3) is 2.44. The summed E-state index contributed by atoms with van der Waals surface area (Å²) in [5, 5.41) is 3.31. The fourth-order valence-corrected chi connectivity index (χ4v) is 2.30. The molecule has 2 heterocycles. The summed E-state index contributed by atoms with van der Waals surface area (Å²) >= 11 is 3.38. The fourth-order valence-electron chi connectivity index (χ4n) is 1.96. The van der Waals surface area contributed by atoms with Gasteiger partial charge < -0.3 is 16.0 Å². The Morgan fingerprint density at radius 1 is 1.62 bits per heavy atom. The highest BCUT2D eigenvalue weighted by atomic mass is 79.9. The Labute approximate surface area is 104 Å². The number of hydrogen-bond donors (Lipinski definition) is 2. The second-order valence-corrected chi connectivity index (χ2v) is 4.87. The first-order valence-corrected chi connectivity index (χ1v) is 6.18. The van der Waals surface area contributed by atoms with Gasteiger partial charge in [0.05, 0.1) is 0 Å². The van der Waals surface area contributed by atoms with E-state index in [0.29, 0.717) is 11.9 Å². The molecule has 1 aromatic heterocycles.